The molecule has 0 amide bonds. The Balaban J connectivity index is 1.19. The lowest BCUT2D eigenvalue weighted by atomic mass is 9.90. The molecule has 0 unspecified atom stereocenters. The maximum Gasteiger partial charge on any atom is 0.164 e. The lowest BCUT2D eigenvalue weighted by molar-refractivity contribution is 0.487. The van der Waals surface area contributed by atoms with Crippen LogP contribution in [0.5, 0.6) is 11.5 Å². The van der Waals surface area contributed by atoms with Gasteiger partial charge in [-0.1, -0.05) is 133 Å². The fourth-order valence-corrected chi connectivity index (χ4v) is 7.30. The summed E-state index contributed by atoms with van der Waals surface area (Å²) in [6.45, 7) is 0. The van der Waals surface area contributed by atoms with Gasteiger partial charge in [0.15, 0.2) is 17.5 Å². The Morgan fingerprint density at radius 2 is 1.02 bits per heavy atom. The predicted octanol–water partition coefficient (Wildman–Crippen LogP) is 12.4. The molecule has 5 nitrogen and oxygen atoms in total. The van der Waals surface area contributed by atoms with Crippen LogP contribution >= 0.6 is 0 Å². The third-order valence-electron chi connectivity index (χ3n) is 9.68. The largest absolute Gasteiger partial charge is 0.456 e. The molecule has 1 aliphatic rings. The van der Waals surface area contributed by atoms with Crippen molar-refractivity contribution < 1.29 is 4.74 Å². The highest BCUT2D eigenvalue weighted by atomic mass is 16.5. The van der Waals surface area contributed by atoms with Gasteiger partial charge in [0.25, 0.3) is 0 Å². The van der Waals surface area contributed by atoms with E-state index < -0.39 is 0 Å². The van der Waals surface area contributed by atoms with Gasteiger partial charge in [0, 0.05) is 44.4 Å². The molecule has 0 fully saturated rings. The van der Waals surface area contributed by atoms with Crippen LogP contribution in [-0.4, -0.2) is 15.0 Å². The highest BCUT2D eigenvalue weighted by Gasteiger charge is 2.27. The van der Waals surface area contributed by atoms with Crippen LogP contribution in [0.15, 0.2) is 182 Å². The van der Waals surface area contributed by atoms with Gasteiger partial charge in [0.05, 0.1) is 5.69 Å². The molecule has 52 heavy (non-hydrogen) atoms. The van der Waals surface area contributed by atoms with Gasteiger partial charge < -0.3 is 9.64 Å². The monoisotopic (exact) mass is 666 g/mol. The van der Waals surface area contributed by atoms with E-state index >= 15 is 0 Å². The van der Waals surface area contributed by atoms with Crippen molar-refractivity contribution in [3.63, 3.8) is 0 Å². The molecule has 0 aliphatic carbocycles. The van der Waals surface area contributed by atoms with Gasteiger partial charge in [-0.25, -0.2) is 15.0 Å². The second-order valence-electron chi connectivity index (χ2n) is 12.8. The van der Waals surface area contributed by atoms with Crippen LogP contribution < -0.4 is 9.64 Å². The van der Waals surface area contributed by atoms with Crippen LogP contribution in [0.3, 0.4) is 0 Å². The molecule has 8 aromatic carbocycles. The highest BCUT2D eigenvalue weighted by molar-refractivity contribution is 6.12. The third kappa shape index (κ3) is 5.07. The Labute approximate surface area is 301 Å². The first kappa shape index (κ1) is 29.8. The van der Waals surface area contributed by atoms with Crippen LogP contribution in [0, 0.1) is 0 Å². The van der Waals surface area contributed by atoms with Crippen LogP contribution in [0.2, 0.25) is 0 Å². The lowest BCUT2D eigenvalue weighted by Crippen LogP contribution is -2.11. The summed E-state index contributed by atoms with van der Waals surface area (Å²) in [6, 6.07) is 62.6. The quantitative estimate of drug-likeness (QED) is 0.177. The van der Waals surface area contributed by atoms with Gasteiger partial charge >= 0.3 is 0 Å². The Bertz CT molecular complexity index is 2730. The van der Waals surface area contributed by atoms with E-state index in [9.17, 15) is 0 Å². The molecule has 0 N–H and O–H groups in total. The fraction of sp³-hybridized carbons (Fsp3) is 0. The topological polar surface area (TPSA) is 51.1 Å². The smallest absolute Gasteiger partial charge is 0.164 e. The van der Waals surface area contributed by atoms with Gasteiger partial charge in [-0.05, 0) is 64.9 Å². The Kier molecular flexibility index (Phi) is 7.07. The van der Waals surface area contributed by atoms with Crippen molar-refractivity contribution in [3.8, 4) is 56.8 Å². The summed E-state index contributed by atoms with van der Waals surface area (Å²) >= 11 is 0. The minimum atomic E-state index is 0.587. The van der Waals surface area contributed by atoms with Gasteiger partial charge in [0.1, 0.15) is 11.5 Å². The molecule has 9 aromatic rings. The van der Waals surface area contributed by atoms with Crippen molar-refractivity contribution in [2.45, 2.75) is 0 Å². The standard InChI is InChI=1S/C47H30N4O/c1-4-15-32(16-5-1)45-48-46(34-27-26-31-14-10-11-17-33(31)30-34)50-47(49-45)39-24-13-25-41-44(39)38-23-12-22-37-40(28-29-42(52-41)43(37)38)51(35-18-6-2-7-19-35)36-20-8-3-9-21-36/h1-30H. The normalized spacial score (nSPS) is 11.6. The van der Waals surface area contributed by atoms with Gasteiger partial charge in [0.2, 0.25) is 0 Å². The molecule has 2 heterocycles. The fourth-order valence-electron chi connectivity index (χ4n) is 7.30. The summed E-state index contributed by atoms with van der Waals surface area (Å²) in [5.74, 6) is 3.40. The minimum absolute atomic E-state index is 0.587. The number of hydrogen-bond acceptors (Lipinski definition) is 5. The van der Waals surface area contributed by atoms with Crippen molar-refractivity contribution in [1.29, 1.82) is 0 Å². The van der Waals surface area contributed by atoms with Crippen LogP contribution in [-0.2, 0) is 0 Å². The summed E-state index contributed by atoms with van der Waals surface area (Å²) in [5.41, 5.74) is 7.98. The molecular weight excluding hydrogens is 637 g/mol. The summed E-state index contributed by atoms with van der Waals surface area (Å²) in [5, 5.41) is 4.43. The molecule has 0 saturated heterocycles. The van der Waals surface area contributed by atoms with Gasteiger partial charge in [-0.15, -0.1) is 0 Å². The highest BCUT2D eigenvalue weighted by Crippen LogP contribution is 2.52. The van der Waals surface area contributed by atoms with Crippen molar-refractivity contribution in [1.82, 2.24) is 15.0 Å². The molecule has 0 atom stereocenters. The summed E-state index contributed by atoms with van der Waals surface area (Å²) < 4.78 is 6.75. The van der Waals surface area contributed by atoms with Crippen molar-refractivity contribution in [3.05, 3.63) is 182 Å². The Morgan fingerprint density at radius 1 is 0.404 bits per heavy atom. The predicted molar refractivity (Wildman–Crippen MR) is 211 cm³/mol. The summed E-state index contributed by atoms with van der Waals surface area (Å²) in [7, 11) is 0. The Morgan fingerprint density at radius 3 is 1.77 bits per heavy atom. The number of fused-ring (bicyclic) bond motifs is 3. The van der Waals surface area contributed by atoms with Crippen LogP contribution in [0.4, 0.5) is 17.1 Å². The maximum atomic E-state index is 6.75. The van der Waals surface area contributed by atoms with E-state index in [0.29, 0.717) is 17.5 Å². The first-order chi connectivity index (χ1) is 25.8. The zero-order valence-electron chi connectivity index (χ0n) is 28.0. The molecule has 5 heteroatoms. The minimum Gasteiger partial charge on any atom is -0.456 e. The molecule has 1 aliphatic heterocycles. The summed E-state index contributed by atoms with van der Waals surface area (Å²) in [4.78, 5) is 17.6. The Hall–Kier alpha value is -7.11. The average Bonchev–Trinajstić information content (AvgIpc) is 3.22. The second kappa shape index (κ2) is 12.3. The number of hydrogen-bond donors (Lipinski definition) is 0. The number of para-hydroxylation sites is 2. The van der Waals surface area contributed by atoms with E-state index in [1.165, 1.54) is 5.39 Å². The number of benzene rings is 8. The average molecular weight is 667 g/mol. The summed E-state index contributed by atoms with van der Waals surface area (Å²) in [6.07, 6.45) is 0. The van der Waals surface area contributed by atoms with Crippen molar-refractivity contribution in [2.75, 3.05) is 4.90 Å². The first-order valence-electron chi connectivity index (χ1n) is 17.4. The molecule has 10 rings (SSSR count). The molecular formula is C47H30N4O. The zero-order chi connectivity index (χ0) is 34.4. The van der Waals surface area contributed by atoms with E-state index in [1.54, 1.807) is 0 Å². The van der Waals surface area contributed by atoms with Crippen LogP contribution in [0.25, 0.3) is 66.8 Å². The van der Waals surface area contributed by atoms with E-state index in [2.05, 4.69) is 132 Å². The van der Waals surface area contributed by atoms with Crippen molar-refractivity contribution in [2.24, 2.45) is 0 Å². The third-order valence-corrected chi connectivity index (χ3v) is 9.68. The number of anilines is 3. The number of nitrogens with zero attached hydrogens (tertiary/aromatic N) is 4. The molecule has 0 bridgehead atoms. The van der Waals surface area contributed by atoms with E-state index in [-0.39, 0.29) is 0 Å². The van der Waals surface area contributed by atoms with E-state index in [1.807, 2.05) is 54.6 Å². The molecule has 1 aromatic heterocycles. The maximum absolute atomic E-state index is 6.75. The lowest BCUT2D eigenvalue weighted by Gasteiger charge is -2.29. The SMILES string of the molecule is c1ccc(-c2nc(-c3ccc4ccccc4c3)nc(-c3cccc4c3-c3cccc5c(N(c6ccccc6)c6ccccc6)ccc(c35)O4)n2)cc1. The van der Waals surface area contributed by atoms with E-state index in [0.717, 1.165) is 72.5 Å². The second-order valence-corrected chi connectivity index (χ2v) is 12.8. The number of ether oxygens (including phenoxy) is 1. The molecule has 0 saturated carbocycles. The van der Waals surface area contributed by atoms with E-state index in [4.69, 9.17) is 19.7 Å². The molecule has 0 spiro atoms. The molecule has 244 valence electrons. The number of rotatable bonds is 6. The number of aromatic nitrogens is 3. The van der Waals surface area contributed by atoms with Gasteiger partial charge in [-0.2, -0.15) is 0 Å². The first-order valence-corrected chi connectivity index (χ1v) is 17.4. The van der Waals surface area contributed by atoms with Crippen LogP contribution in [0.1, 0.15) is 0 Å². The zero-order valence-corrected chi connectivity index (χ0v) is 28.0. The van der Waals surface area contributed by atoms with Gasteiger partial charge in [-0.3, -0.25) is 0 Å². The van der Waals surface area contributed by atoms with Crippen molar-refractivity contribution >= 4 is 38.6 Å². The molecule has 0 radical (unpaired) electrons.